The number of allylic oxidation sites excluding steroid dienone is 1. The molecule has 1 fully saturated rings. The molecule has 0 bridgehead atoms. The van der Waals surface area contributed by atoms with Gasteiger partial charge in [0.1, 0.15) is 17.7 Å². The van der Waals surface area contributed by atoms with Crippen LogP contribution in [0.25, 0.3) is 17.0 Å². The van der Waals surface area contributed by atoms with Crippen LogP contribution in [-0.2, 0) is 9.53 Å². The van der Waals surface area contributed by atoms with Crippen LogP contribution in [0, 0.1) is 5.82 Å². The van der Waals surface area contributed by atoms with E-state index in [0.29, 0.717) is 11.8 Å². The number of nitrogens with zero attached hydrogens (tertiary/aromatic N) is 1. The number of ether oxygens (including phenoxy) is 1. The van der Waals surface area contributed by atoms with Gasteiger partial charge in [-0.3, -0.25) is 9.59 Å². The van der Waals surface area contributed by atoms with Crippen molar-refractivity contribution in [2.24, 2.45) is 0 Å². The molecule has 0 atom stereocenters. The minimum absolute atomic E-state index is 0.0909. The molecular formula is C18H16FNO4. The summed E-state index contributed by atoms with van der Waals surface area (Å²) in [5.74, 6) is -1.33. The van der Waals surface area contributed by atoms with Gasteiger partial charge in [0.15, 0.2) is 0 Å². The molecule has 0 N–H and O–H groups in total. The molecule has 6 heteroatoms. The molecule has 0 unspecified atom stereocenters. The Morgan fingerprint density at radius 1 is 1.42 bits per heavy atom. The van der Waals surface area contributed by atoms with Crippen molar-refractivity contribution in [3.63, 3.8) is 0 Å². The zero-order valence-corrected chi connectivity index (χ0v) is 13.1. The second kappa shape index (κ2) is 6.39. The topological polar surface area (TPSA) is 65.4 Å². The third-order valence-corrected chi connectivity index (χ3v) is 3.94. The molecule has 1 heterocycles. The number of aldehydes is 1. The molecule has 5 nitrogen and oxygen atoms in total. The summed E-state index contributed by atoms with van der Waals surface area (Å²) in [6, 6.07) is 2.82. The maximum Gasteiger partial charge on any atom is 0.343 e. The van der Waals surface area contributed by atoms with Gasteiger partial charge >= 0.3 is 5.97 Å². The van der Waals surface area contributed by atoms with Gasteiger partial charge < -0.3 is 9.30 Å². The van der Waals surface area contributed by atoms with E-state index in [-0.39, 0.29) is 29.2 Å². The fourth-order valence-corrected chi connectivity index (χ4v) is 2.67. The predicted octanol–water partition coefficient (Wildman–Crippen LogP) is 2.86. The summed E-state index contributed by atoms with van der Waals surface area (Å²) in [4.78, 5) is 35.0. The highest BCUT2D eigenvalue weighted by atomic mass is 19.1. The fraction of sp³-hybridized carbons (Fsp3) is 0.278. The van der Waals surface area contributed by atoms with E-state index in [1.165, 1.54) is 24.4 Å². The van der Waals surface area contributed by atoms with E-state index in [4.69, 9.17) is 4.74 Å². The summed E-state index contributed by atoms with van der Waals surface area (Å²) in [5, 5.41) is 0.133. The molecule has 0 radical (unpaired) electrons. The van der Waals surface area contributed by atoms with Crippen LogP contribution in [0.4, 0.5) is 4.39 Å². The second-order valence-corrected chi connectivity index (χ2v) is 5.62. The average Bonchev–Trinajstić information content (AvgIpc) is 3.39. The van der Waals surface area contributed by atoms with Crippen molar-refractivity contribution in [3.05, 3.63) is 51.6 Å². The Hall–Kier alpha value is -2.76. The summed E-state index contributed by atoms with van der Waals surface area (Å²) in [6.45, 7) is 1.81. The minimum atomic E-state index is -0.705. The molecule has 24 heavy (non-hydrogen) atoms. The maximum absolute atomic E-state index is 14.2. The molecule has 0 aliphatic heterocycles. The number of fused-ring (bicyclic) bond motifs is 1. The monoisotopic (exact) mass is 329 g/mol. The van der Waals surface area contributed by atoms with Crippen molar-refractivity contribution in [2.45, 2.75) is 25.8 Å². The van der Waals surface area contributed by atoms with Crippen molar-refractivity contribution in [1.29, 1.82) is 0 Å². The van der Waals surface area contributed by atoms with Crippen LogP contribution in [0.15, 0.2) is 29.2 Å². The zero-order chi connectivity index (χ0) is 17.3. The summed E-state index contributed by atoms with van der Waals surface area (Å²) < 4.78 is 21.0. The van der Waals surface area contributed by atoms with Crippen LogP contribution in [0.3, 0.4) is 0 Å². The molecule has 3 rings (SSSR count). The van der Waals surface area contributed by atoms with Crippen molar-refractivity contribution in [3.8, 4) is 0 Å². The first-order chi connectivity index (χ1) is 11.6. The number of halogens is 1. The number of esters is 1. The molecule has 1 aromatic carbocycles. The molecule has 1 saturated carbocycles. The molecule has 1 aliphatic rings. The lowest BCUT2D eigenvalue weighted by Crippen LogP contribution is -2.21. The van der Waals surface area contributed by atoms with Gasteiger partial charge in [0.25, 0.3) is 0 Å². The number of carbonyl (C=O) groups is 2. The SMILES string of the molecule is CCOC(=O)c1cn(C2CC2)c2cc(/C=C/C=O)c(F)cc2c1=O. The Morgan fingerprint density at radius 2 is 2.17 bits per heavy atom. The summed E-state index contributed by atoms with van der Waals surface area (Å²) in [5.41, 5.74) is 0.117. The number of aromatic nitrogens is 1. The van der Waals surface area contributed by atoms with E-state index in [0.717, 1.165) is 18.9 Å². The van der Waals surface area contributed by atoms with E-state index >= 15 is 0 Å². The van der Waals surface area contributed by atoms with Crippen LogP contribution in [0.2, 0.25) is 0 Å². The Balaban J connectivity index is 2.28. The third kappa shape index (κ3) is 2.87. The van der Waals surface area contributed by atoms with Crippen LogP contribution in [0.1, 0.15) is 41.7 Å². The maximum atomic E-state index is 14.2. The average molecular weight is 329 g/mol. The second-order valence-electron chi connectivity index (χ2n) is 5.62. The summed E-state index contributed by atoms with van der Waals surface area (Å²) >= 11 is 0. The highest BCUT2D eigenvalue weighted by molar-refractivity contribution is 5.94. The molecular weight excluding hydrogens is 313 g/mol. The van der Waals surface area contributed by atoms with E-state index in [1.807, 2.05) is 4.57 Å². The predicted molar refractivity (Wildman–Crippen MR) is 87.5 cm³/mol. The third-order valence-electron chi connectivity index (χ3n) is 3.94. The zero-order valence-electron chi connectivity index (χ0n) is 13.1. The van der Waals surface area contributed by atoms with Gasteiger partial charge in [-0.25, -0.2) is 9.18 Å². The molecule has 1 aliphatic carbocycles. The number of hydrogen-bond donors (Lipinski definition) is 0. The number of benzene rings is 1. The summed E-state index contributed by atoms with van der Waals surface area (Å²) in [7, 11) is 0. The van der Waals surface area contributed by atoms with E-state index in [1.54, 1.807) is 6.92 Å². The minimum Gasteiger partial charge on any atom is -0.462 e. The molecule has 2 aromatic rings. The number of carbonyl (C=O) groups excluding carboxylic acids is 2. The summed E-state index contributed by atoms with van der Waals surface area (Å²) in [6.07, 6.45) is 6.45. The highest BCUT2D eigenvalue weighted by Crippen LogP contribution is 2.37. The number of rotatable bonds is 5. The van der Waals surface area contributed by atoms with Crippen LogP contribution in [0.5, 0.6) is 0 Å². The van der Waals surface area contributed by atoms with E-state index < -0.39 is 17.2 Å². The molecule has 124 valence electrons. The highest BCUT2D eigenvalue weighted by Gasteiger charge is 2.27. The van der Waals surface area contributed by atoms with Crippen molar-refractivity contribution < 1.29 is 18.7 Å². The van der Waals surface area contributed by atoms with Gasteiger partial charge in [-0.1, -0.05) is 0 Å². The lowest BCUT2D eigenvalue weighted by Gasteiger charge is -2.13. The smallest absolute Gasteiger partial charge is 0.343 e. The van der Waals surface area contributed by atoms with Gasteiger partial charge in [0.2, 0.25) is 5.43 Å². The first-order valence-corrected chi connectivity index (χ1v) is 7.74. The largest absolute Gasteiger partial charge is 0.462 e. The van der Waals surface area contributed by atoms with Crippen LogP contribution in [-0.4, -0.2) is 23.4 Å². The van der Waals surface area contributed by atoms with Crippen molar-refractivity contribution in [2.75, 3.05) is 6.61 Å². The Labute approximate surface area is 137 Å². The number of hydrogen-bond acceptors (Lipinski definition) is 4. The van der Waals surface area contributed by atoms with Gasteiger partial charge in [-0.05, 0) is 44.1 Å². The van der Waals surface area contributed by atoms with Gasteiger partial charge in [-0.15, -0.1) is 0 Å². The van der Waals surface area contributed by atoms with Gasteiger partial charge in [-0.2, -0.15) is 0 Å². The lowest BCUT2D eigenvalue weighted by atomic mass is 10.1. The van der Waals surface area contributed by atoms with E-state index in [2.05, 4.69) is 0 Å². The quantitative estimate of drug-likeness (QED) is 0.481. The van der Waals surface area contributed by atoms with Crippen LogP contribution < -0.4 is 5.43 Å². The van der Waals surface area contributed by atoms with Crippen molar-refractivity contribution >= 4 is 29.2 Å². The normalized spacial score (nSPS) is 14.2. The van der Waals surface area contributed by atoms with E-state index in [9.17, 15) is 18.8 Å². The first-order valence-electron chi connectivity index (χ1n) is 7.74. The molecule has 1 aromatic heterocycles. The Morgan fingerprint density at radius 3 is 2.79 bits per heavy atom. The molecule has 0 spiro atoms. The first kappa shape index (κ1) is 16.1. The van der Waals surface area contributed by atoms with Crippen LogP contribution >= 0.6 is 0 Å². The standard InChI is InChI=1S/C18H16FNO4/c1-2-24-18(23)14-10-20(12-5-6-12)16-8-11(4-3-7-21)15(19)9-13(16)17(14)22/h3-4,7-10,12H,2,5-6H2,1H3/b4-3+. The molecule has 0 saturated heterocycles. The Kier molecular flexibility index (Phi) is 4.29. The molecule has 0 amide bonds. The lowest BCUT2D eigenvalue weighted by molar-refractivity contribution is -0.104. The fourth-order valence-electron chi connectivity index (χ4n) is 2.67. The van der Waals surface area contributed by atoms with Gasteiger partial charge in [0, 0.05) is 23.2 Å². The van der Waals surface area contributed by atoms with Crippen molar-refractivity contribution in [1.82, 2.24) is 4.57 Å². The number of pyridine rings is 1. The van der Waals surface area contributed by atoms with Gasteiger partial charge in [0.05, 0.1) is 12.1 Å². The Bertz CT molecular complexity index is 909.